The summed E-state index contributed by atoms with van der Waals surface area (Å²) in [6.45, 7) is 0.664. The van der Waals surface area contributed by atoms with Gasteiger partial charge in [0.15, 0.2) is 0 Å². The zero-order valence-electron chi connectivity index (χ0n) is 21.9. The highest BCUT2D eigenvalue weighted by Crippen LogP contribution is 2.19. The molecule has 0 unspecified atom stereocenters. The predicted octanol–water partition coefficient (Wildman–Crippen LogP) is 4.74. The second-order valence-corrected chi connectivity index (χ2v) is 11.6. The third-order valence-corrected chi connectivity index (χ3v) is 7.99. The van der Waals surface area contributed by atoms with Crippen LogP contribution in [-0.2, 0) is 48.2 Å². The molecule has 0 fully saturated rings. The van der Waals surface area contributed by atoms with Crippen molar-refractivity contribution in [3.63, 3.8) is 0 Å². The van der Waals surface area contributed by atoms with E-state index in [4.69, 9.17) is 0 Å². The fourth-order valence-electron chi connectivity index (χ4n) is 4.24. The van der Waals surface area contributed by atoms with Crippen LogP contribution in [0.1, 0.15) is 44.6 Å². The Morgan fingerprint density at radius 2 is 1.45 bits per heavy atom. The van der Waals surface area contributed by atoms with E-state index < -0.39 is 0 Å². The Morgan fingerprint density at radius 1 is 0.725 bits per heavy atom. The Morgan fingerprint density at radius 3 is 2.25 bits per heavy atom. The fourth-order valence-corrected chi connectivity index (χ4v) is 5.95. The Bertz CT molecular complexity index is 1530. The lowest BCUT2D eigenvalue weighted by atomic mass is 10.1. The van der Waals surface area contributed by atoms with E-state index in [-0.39, 0.29) is 18.1 Å². The molecule has 0 atom stereocenters. The largest absolute Gasteiger partial charge is 0.300 e. The smallest absolute Gasteiger partial charge is 0.230 e. The number of carbonyl (C=O) groups excluding carboxylic acids is 2. The second-order valence-electron chi connectivity index (χ2n) is 9.42. The van der Waals surface area contributed by atoms with E-state index in [2.05, 4.69) is 30.8 Å². The molecule has 0 radical (unpaired) electrons. The van der Waals surface area contributed by atoms with Crippen molar-refractivity contribution in [3.8, 4) is 0 Å². The first kappa shape index (κ1) is 27.5. The molecule has 0 saturated heterocycles. The minimum Gasteiger partial charge on any atom is -0.300 e. The van der Waals surface area contributed by atoms with Crippen LogP contribution < -0.4 is 5.32 Å². The number of benzene rings is 2. The molecule has 1 amide bonds. The Kier molecular flexibility index (Phi) is 9.49. The summed E-state index contributed by atoms with van der Waals surface area (Å²) in [7, 11) is 0. The topological polar surface area (TPSA) is 116 Å². The molecule has 0 saturated carbocycles. The van der Waals surface area contributed by atoms with Crippen LogP contribution in [0.4, 0.5) is 5.13 Å². The van der Waals surface area contributed by atoms with Crippen molar-refractivity contribution in [2.24, 2.45) is 0 Å². The van der Waals surface area contributed by atoms with E-state index in [1.165, 1.54) is 22.7 Å². The average molecular weight is 572 g/mol. The number of anilines is 1. The van der Waals surface area contributed by atoms with Gasteiger partial charge in [0.2, 0.25) is 11.0 Å². The maximum atomic E-state index is 12.6. The van der Waals surface area contributed by atoms with E-state index in [0.29, 0.717) is 24.5 Å². The lowest BCUT2D eigenvalue weighted by Crippen LogP contribution is -2.14. The molecule has 0 aliphatic rings. The number of amides is 1. The lowest BCUT2D eigenvalue weighted by molar-refractivity contribution is -0.118. The van der Waals surface area contributed by atoms with Crippen molar-refractivity contribution in [1.29, 1.82) is 0 Å². The Balaban J connectivity index is 1.01. The number of hydrogen-bond acceptors (Lipinski definition) is 9. The van der Waals surface area contributed by atoms with Gasteiger partial charge in [-0.25, -0.2) is 0 Å². The summed E-state index contributed by atoms with van der Waals surface area (Å²) in [5.41, 5.74) is 3.05. The molecule has 0 aliphatic heterocycles. The number of ketones is 1. The molecule has 0 spiro atoms. The maximum absolute atomic E-state index is 12.6. The first-order valence-corrected chi connectivity index (χ1v) is 14.8. The summed E-state index contributed by atoms with van der Waals surface area (Å²) >= 11 is 2.92. The lowest BCUT2D eigenvalue weighted by Gasteiger charge is -2.06. The van der Waals surface area contributed by atoms with Gasteiger partial charge in [0.05, 0.1) is 19.4 Å². The first-order valence-electron chi connectivity index (χ1n) is 13.1. The Labute approximate surface area is 240 Å². The van der Waals surface area contributed by atoms with Crippen molar-refractivity contribution in [3.05, 3.63) is 105 Å². The van der Waals surface area contributed by atoms with E-state index in [0.717, 1.165) is 57.4 Å². The highest BCUT2D eigenvalue weighted by molar-refractivity contribution is 7.15. The molecule has 1 N–H and O–H groups in total. The highest BCUT2D eigenvalue weighted by Gasteiger charge is 2.12. The van der Waals surface area contributed by atoms with Gasteiger partial charge in [-0.15, -0.1) is 31.7 Å². The summed E-state index contributed by atoms with van der Waals surface area (Å²) in [6.07, 6.45) is 8.12. The number of unbranched alkanes of at least 4 members (excludes halogenated alkanes) is 1. The standard InChI is InChI=1S/C29H29N7O2S2/c37-24(17-21-8-2-1-3-9-21)19-28-34-32-26(39-28)12-4-5-13-27-33-35-29(40-27)31-25(38)18-22-10-6-11-23(16-22)20-36-15-7-14-30-36/h1-3,6-11,14-16H,4-5,12-13,17-20H2,(H,31,35,38). The van der Waals surface area contributed by atoms with Crippen molar-refractivity contribution in [2.75, 3.05) is 5.32 Å². The molecule has 3 heterocycles. The third-order valence-electron chi connectivity index (χ3n) is 6.11. The monoisotopic (exact) mass is 571 g/mol. The van der Waals surface area contributed by atoms with Gasteiger partial charge in [-0.05, 0) is 35.6 Å². The second kappa shape index (κ2) is 13.8. The molecule has 3 aromatic heterocycles. The summed E-state index contributed by atoms with van der Waals surface area (Å²) in [5, 5.41) is 27.0. The van der Waals surface area contributed by atoms with Gasteiger partial charge < -0.3 is 5.32 Å². The molecule has 9 nitrogen and oxygen atoms in total. The van der Waals surface area contributed by atoms with Crippen LogP contribution in [0.5, 0.6) is 0 Å². The molecule has 5 aromatic rings. The Hall–Kier alpha value is -4.09. The van der Waals surface area contributed by atoms with Gasteiger partial charge in [-0.3, -0.25) is 14.3 Å². The van der Waals surface area contributed by atoms with E-state index in [1.54, 1.807) is 6.20 Å². The summed E-state index contributed by atoms with van der Waals surface area (Å²) < 4.78 is 1.85. The zero-order chi connectivity index (χ0) is 27.6. The van der Waals surface area contributed by atoms with Crippen LogP contribution in [0, 0.1) is 0 Å². The van der Waals surface area contributed by atoms with Gasteiger partial charge in [-0.1, -0.05) is 65.9 Å². The van der Waals surface area contributed by atoms with Crippen molar-refractivity contribution in [2.45, 2.75) is 51.5 Å². The number of nitrogens with one attached hydrogen (secondary N) is 1. The van der Waals surface area contributed by atoms with Gasteiger partial charge in [-0.2, -0.15) is 5.10 Å². The molecule has 40 heavy (non-hydrogen) atoms. The summed E-state index contributed by atoms with van der Waals surface area (Å²) in [4.78, 5) is 24.9. The van der Waals surface area contributed by atoms with Crippen LogP contribution in [-0.4, -0.2) is 41.9 Å². The van der Waals surface area contributed by atoms with Crippen LogP contribution in [0.25, 0.3) is 0 Å². The average Bonchev–Trinajstić information content (AvgIpc) is 3.71. The molecule has 11 heteroatoms. The van der Waals surface area contributed by atoms with Crippen molar-refractivity contribution >= 4 is 39.5 Å². The van der Waals surface area contributed by atoms with Crippen LogP contribution in [0.3, 0.4) is 0 Å². The van der Waals surface area contributed by atoms with Crippen LogP contribution >= 0.6 is 22.7 Å². The number of rotatable bonds is 14. The third kappa shape index (κ3) is 8.45. The summed E-state index contributed by atoms with van der Waals surface area (Å²) in [5.74, 6) is 0.0280. The molecule has 204 valence electrons. The fraction of sp³-hybridized carbons (Fsp3) is 0.276. The van der Waals surface area contributed by atoms with Gasteiger partial charge in [0, 0.05) is 31.7 Å². The number of carbonyl (C=O) groups is 2. The zero-order valence-corrected chi connectivity index (χ0v) is 23.5. The van der Waals surface area contributed by atoms with Crippen LogP contribution in [0.15, 0.2) is 73.1 Å². The van der Waals surface area contributed by atoms with Gasteiger partial charge in [0.1, 0.15) is 20.8 Å². The molecule has 0 bridgehead atoms. The van der Waals surface area contributed by atoms with E-state index in [9.17, 15) is 9.59 Å². The molecule has 5 rings (SSSR count). The maximum Gasteiger partial charge on any atom is 0.230 e. The minimum atomic E-state index is -0.117. The molecular weight excluding hydrogens is 543 g/mol. The summed E-state index contributed by atoms with van der Waals surface area (Å²) in [6, 6.07) is 19.6. The molecule has 0 aliphatic carbocycles. The van der Waals surface area contributed by atoms with E-state index in [1.807, 2.05) is 71.5 Å². The number of nitrogens with zero attached hydrogens (tertiary/aromatic N) is 6. The first-order chi connectivity index (χ1) is 19.6. The van der Waals surface area contributed by atoms with Crippen molar-refractivity contribution in [1.82, 2.24) is 30.2 Å². The van der Waals surface area contributed by atoms with Gasteiger partial charge in [0.25, 0.3) is 0 Å². The van der Waals surface area contributed by atoms with Crippen LogP contribution in [0.2, 0.25) is 0 Å². The number of Topliss-reactive ketones (excluding diaryl/α,β-unsaturated/α-hetero) is 1. The highest BCUT2D eigenvalue weighted by atomic mass is 32.1. The number of aromatic nitrogens is 6. The minimum absolute atomic E-state index is 0.117. The normalized spacial score (nSPS) is 11.0. The van der Waals surface area contributed by atoms with Crippen molar-refractivity contribution < 1.29 is 9.59 Å². The molecular formula is C29H29N7O2S2. The predicted molar refractivity (Wildman–Crippen MR) is 155 cm³/mol. The van der Waals surface area contributed by atoms with E-state index >= 15 is 0 Å². The molecule has 2 aromatic carbocycles. The quantitative estimate of drug-likeness (QED) is 0.192. The number of hydrogen-bond donors (Lipinski definition) is 1. The van der Waals surface area contributed by atoms with Gasteiger partial charge >= 0.3 is 0 Å². The SMILES string of the molecule is O=C(Cc1ccccc1)Cc1nnc(CCCCc2nnc(NC(=O)Cc3cccc(Cn4cccn4)c3)s2)s1. The number of aryl methyl sites for hydroxylation is 2.